The molecule has 2 aromatic carbocycles. The number of nitro benzene ring substituents is 1. The smallest absolute Gasteiger partial charge is 0.270 e. The Morgan fingerprint density at radius 1 is 1.20 bits per heavy atom. The fourth-order valence-corrected chi connectivity index (χ4v) is 2.08. The molecule has 0 aliphatic heterocycles. The molecular formula is C13H8F2INO3. The largest absolute Gasteiger partial charge is 0.457 e. The zero-order valence-corrected chi connectivity index (χ0v) is 12.1. The van der Waals surface area contributed by atoms with Crippen molar-refractivity contribution in [2.24, 2.45) is 0 Å². The lowest BCUT2D eigenvalue weighted by Crippen LogP contribution is -1.95. The molecule has 0 saturated carbocycles. The van der Waals surface area contributed by atoms with E-state index in [2.05, 4.69) is 22.6 Å². The van der Waals surface area contributed by atoms with Gasteiger partial charge in [-0.25, -0.2) is 8.78 Å². The van der Waals surface area contributed by atoms with Crippen LogP contribution in [0.5, 0.6) is 11.5 Å². The summed E-state index contributed by atoms with van der Waals surface area (Å²) in [4.78, 5) is 9.89. The summed E-state index contributed by atoms with van der Waals surface area (Å²) in [5, 5.41) is 10.6. The van der Waals surface area contributed by atoms with E-state index < -0.39 is 22.6 Å². The van der Waals surface area contributed by atoms with Crippen molar-refractivity contribution in [1.29, 1.82) is 0 Å². The number of hydrogen-bond donors (Lipinski definition) is 0. The third-order valence-electron chi connectivity index (χ3n) is 2.46. The van der Waals surface area contributed by atoms with Crippen LogP contribution in [0.2, 0.25) is 0 Å². The summed E-state index contributed by atoms with van der Waals surface area (Å²) in [6.07, 6.45) is -2.85. The molecule has 0 aliphatic rings. The minimum absolute atomic E-state index is 0.0902. The molecule has 0 N–H and O–H groups in total. The fraction of sp³-hybridized carbons (Fsp3) is 0.0769. The highest BCUT2D eigenvalue weighted by molar-refractivity contribution is 14.1. The molecule has 0 radical (unpaired) electrons. The average Bonchev–Trinajstić information content (AvgIpc) is 2.38. The van der Waals surface area contributed by atoms with Crippen molar-refractivity contribution < 1.29 is 18.4 Å². The summed E-state index contributed by atoms with van der Waals surface area (Å²) in [5.41, 5.74) is -0.895. The molecule has 0 saturated heterocycles. The molecule has 0 unspecified atom stereocenters. The van der Waals surface area contributed by atoms with E-state index in [0.717, 1.165) is 15.7 Å². The summed E-state index contributed by atoms with van der Waals surface area (Å²) < 4.78 is 32.2. The summed E-state index contributed by atoms with van der Waals surface area (Å²) in [7, 11) is 0. The van der Waals surface area contributed by atoms with E-state index in [1.165, 1.54) is 6.07 Å². The Labute approximate surface area is 126 Å². The number of halogens is 3. The van der Waals surface area contributed by atoms with E-state index in [-0.39, 0.29) is 5.75 Å². The third kappa shape index (κ3) is 3.41. The third-order valence-corrected chi connectivity index (χ3v) is 3.13. The lowest BCUT2D eigenvalue weighted by Gasteiger charge is -2.10. The number of alkyl halides is 2. The van der Waals surface area contributed by atoms with Crippen molar-refractivity contribution >= 4 is 28.3 Å². The van der Waals surface area contributed by atoms with Gasteiger partial charge in [-0.1, -0.05) is 6.07 Å². The molecule has 0 amide bonds. The van der Waals surface area contributed by atoms with Gasteiger partial charge in [-0.3, -0.25) is 10.1 Å². The van der Waals surface area contributed by atoms with Crippen LogP contribution in [0.25, 0.3) is 0 Å². The van der Waals surface area contributed by atoms with Gasteiger partial charge < -0.3 is 4.74 Å². The summed E-state index contributed by atoms with van der Waals surface area (Å²) in [5.74, 6) is 0.306. The molecule has 104 valence electrons. The second-order valence-electron chi connectivity index (χ2n) is 3.84. The highest BCUT2D eigenvalue weighted by Gasteiger charge is 2.19. The normalized spacial score (nSPS) is 10.6. The topological polar surface area (TPSA) is 52.4 Å². The van der Waals surface area contributed by atoms with E-state index in [1.54, 1.807) is 18.2 Å². The molecule has 4 nitrogen and oxygen atoms in total. The van der Waals surface area contributed by atoms with E-state index in [4.69, 9.17) is 4.74 Å². The van der Waals surface area contributed by atoms with Crippen LogP contribution in [-0.4, -0.2) is 4.92 Å². The molecule has 2 aromatic rings. The molecular weight excluding hydrogens is 383 g/mol. The first-order valence-corrected chi connectivity index (χ1v) is 6.55. The summed E-state index contributed by atoms with van der Waals surface area (Å²) in [6, 6.07) is 10.0. The lowest BCUT2D eigenvalue weighted by molar-refractivity contribution is -0.385. The van der Waals surface area contributed by atoms with Gasteiger partial charge >= 0.3 is 0 Å². The number of nitrogens with zero attached hydrogens (tertiary/aromatic N) is 1. The number of nitro groups is 1. The van der Waals surface area contributed by atoms with Crippen LogP contribution < -0.4 is 4.74 Å². The maximum atomic E-state index is 12.9. The number of hydrogen-bond acceptors (Lipinski definition) is 3. The average molecular weight is 391 g/mol. The number of rotatable bonds is 4. The Hall–Kier alpha value is -1.77. The van der Waals surface area contributed by atoms with Crippen molar-refractivity contribution in [2.45, 2.75) is 6.43 Å². The lowest BCUT2D eigenvalue weighted by atomic mass is 10.2. The Morgan fingerprint density at radius 3 is 2.55 bits per heavy atom. The second kappa shape index (κ2) is 6.12. The van der Waals surface area contributed by atoms with Crippen molar-refractivity contribution in [3.05, 3.63) is 61.7 Å². The van der Waals surface area contributed by atoms with Crippen LogP contribution in [0.1, 0.15) is 12.0 Å². The van der Waals surface area contributed by atoms with Crippen LogP contribution >= 0.6 is 22.6 Å². The monoisotopic (exact) mass is 391 g/mol. The van der Waals surface area contributed by atoms with E-state index in [9.17, 15) is 18.9 Å². The molecule has 0 aliphatic carbocycles. The van der Waals surface area contributed by atoms with Crippen LogP contribution in [0.4, 0.5) is 14.5 Å². The zero-order valence-electron chi connectivity index (χ0n) is 9.92. The van der Waals surface area contributed by atoms with E-state index in [1.807, 2.05) is 6.07 Å². The highest BCUT2D eigenvalue weighted by Crippen LogP contribution is 2.35. The molecule has 7 heteroatoms. The van der Waals surface area contributed by atoms with Gasteiger partial charge in [-0.2, -0.15) is 0 Å². The van der Waals surface area contributed by atoms with Crippen LogP contribution in [0, 0.1) is 13.7 Å². The Morgan fingerprint density at radius 2 is 1.95 bits per heavy atom. The first-order chi connectivity index (χ1) is 9.47. The van der Waals surface area contributed by atoms with Gasteiger partial charge in [-0.15, -0.1) is 0 Å². The SMILES string of the molecule is O=[N+]([O-])c1ccc(Oc2cccc(I)c2)c(C(F)F)c1. The predicted molar refractivity (Wildman–Crippen MR) is 77.3 cm³/mol. The van der Waals surface area contributed by atoms with Crippen molar-refractivity contribution in [2.75, 3.05) is 0 Å². The first-order valence-electron chi connectivity index (χ1n) is 5.47. The molecule has 0 heterocycles. The van der Waals surface area contributed by atoms with Crippen molar-refractivity contribution in [3.63, 3.8) is 0 Å². The van der Waals surface area contributed by atoms with Crippen molar-refractivity contribution in [3.8, 4) is 11.5 Å². The maximum Gasteiger partial charge on any atom is 0.270 e. The number of ether oxygens (including phenoxy) is 1. The van der Waals surface area contributed by atoms with Gasteiger partial charge in [0.1, 0.15) is 11.5 Å². The predicted octanol–water partition coefficient (Wildman–Crippen LogP) is 4.93. The minimum Gasteiger partial charge on any atom is -0.457 e. The summed E-state index contributed by atoms with van der Waals surface area (Å²) >= 11 is 2.07. The van der Waals surface area contributed by atoms with Gasteiger partial charge in [0.15, 0.2) is 0 Å². The number of benzene rings is 2. The molecule has 0 fully saturated rings. The molecule has 20 heavy (non-hydrogen) atoms. The Kier molecular flexibility index (Phi) is 4.48. The fourth-order valence-electron chi connectivity index (χ4n) is 1.57. The van der Waals surface area contributed by atoms with Crippen LogP contribution in [0.15, 0.2) is 42.5 Å². The molecule has 0 aromatic heterocycles. The molecule has 0 spiro atoms. The van der Waals surface area contributed by atoms with Crippen LogP contribution in [-0.2, 0) is 0 Å². The van der Waals surface area contributed by atoms with Gasteiger partial charge in [0, 0.05) is 15.7 Å². The zero-order chi connectivity index (χ0) is 14.7. The van der Waals surface area contributed by atoms with Gasteiger partial charge in [0.2, 0.25) is 0 Å². The van der Waals surface area contributed by atoms with E-state index in [0.29, 0.717) is 5.75 Å². The second-order valence-corrected chi connectivity index (χ2v) is 5.09. The van der Waals surface area contributed by atoms with Gasteiger partial charge in [-0.05, 0) is 46.9 Å². The minimum atomic E-state index is -2.85. The highest BCUT2D eigenvalue weighted by atomic mass is 127. The van der Waals surface area contributed by atoms with E-state index >= 15 is 0 Å². The molecule has 2 rings (SSSR count). The Bertz CT molecular complexity index is 649. The molecule has 0 bridgehead atoms. The van der Waals surface area contributed by atoms with Gasteiger partial charge in [0.25, 0.3) is 12.1 Å². The number of non-ortho nitro benzene ring substituents is 1. The quantitative estimate of drug-likeness (QED) is 0.422. The first kappa shape index (κ1) is 14.6. The van der Waals surface area contributed by atoms with Gasteiger partial charge in [0.05, 0.1) is 10.5 Å². The Balaban J connectivity index is 2.38. The summed E-state index contributed by atoms with van der Waals surface area (Å²) in [6.45, 7) is 0. The molecule has 0 atom stereocenters. The standard InChI is InChI=1S/C13H8F2INO3/c14-13(15)11-7-9(17(18)19)4-5-12(11)20-10-3-1-2-8(16)6-10/h1-7,13H. The van der Waals surface area contributed by atoms with Crippen molar-refractivity contribution in [1.82, 2.24) is 0 Å². The maximum absolute atomic E-state index is 12.9. The van der Waals surface area contributed by atoms with Crippen LogP contribution in [0.3, 0.4) is 0 Å².